The Morgan fingerprint density at radius 2 is 1.38 bits per heavy atom. The predicted molar refractivity (Wildman–Crippen MR) is 57.3 cm³/mol. The van der Waals surface area contributed by atoms with Crippen LogP contribution in [0.4, 0.5) is 0 Å². The van der Waals surface area contributed by atoms with E-state index in [9.17, 15) is 0 Å². The summed E-state index contributed by atoms with van der Waals surface area (Å²) in [6.45, 7) is 1.09. The van der Waals surface area contributed by atoms with E-state index in [2.05, 4.69) is 11.2 Å². The van der Waals surface area contributed by atoms with Crippen molar-refractivity contribution in [3.8, 4) is 0 Å². The Morgan fingerprint density at radius 3 is 2.00 bits per heavy atom. The van der Waals surface area contributed by atoms with Crippen LogP contribution in [0.5, 0.6) is 0 Å². The second-order valence-corrected chi connectivity index (χ2v) is 4.77. The lowest BCUT2D eigenvalue weighted by Gasteiger charge is -2.34. The molecule has 0 amide bonds. The summed E-state index contributed by atoms with van der Waals surface area (Å²) in [5.41, 5.74) is 0.540. The topological polar surface area (TPSA) is 12.4 Å². The van der Waals surface area contributed by atoms with Crippen molar-refractivity contribution in [2.45, 2.75) is 57.8 Å². The molecule has 1 heteroatoms. The van der Waals surface area contributed by atoms with Crippen LogP contribution in [0.2, 0.25) is 0 Å². The van der Waals surface area contributed by atoms with Crippen molar-refractivity contribution in [1.82, 2.24) is 0 Å². The van der Waals surface area contributed by atoms with Gasteiger partial charge >= 0.3 is 0 Å². The zero-order valence-electron chi connectivity index (χ0n) is 8.60. The van der Waals surface area contributed by atoms with Crippen LogP contribution in [-0.2, 0) is 0 Å². The third kappa shape index (κ3) is 2.32. The SMILES string of the molecule is C1=NCCCC12CCCCCCC2. The van der Waals surface area contributed by atoms with Crippen molar-refractivity contribution in [2.24, 2.45) is 10.4 Å². The highest BCUT2D eigenvalue weighted by molar-refractivity contribution is 5.66. The van der Waals surface area contributed by atoms with E-state index in [1.807, 2.05) is 0 Å². The second-order valence-electron chi connectivity index (χ2n) is 4.77. The third-order valence-corrected chi connectivity index (χ3v) is 3.68. The fourth-order valence-corrected chi connectivity index (χ4v) is 2.83. The molecule has 0 unspecified atom stereocenters. The van der Waals surface area contributed by atoms with Crippen LogP contribution < -0.4 is 0 Å². The summed E-state index contributed by atoms with van der Waals surface area (Å²) in [4.78, 5) is 4.50. The van der Waals surface area contributed by atoms with Gasteiger partial charge in [-0.25, -0.2) is 0 Å². The van der Waals surface area contributed by atoms with E-state index in [-0.39, 0.29) is 0 Å². The third-order valence-electron chi connectivity index (χ3n) is 3.68. The Labute approximate surface area is 81.6 Å². The van der Waals surface area contributed by atoms with Gasteiger partial charge in [0.2, 0.25) is 0 Å². The van der Waals surface area contributed by atoms with Gasteiger partial charge in [0.25, 0.3) is 0 Å². The van der Waals surface area contributed by atoms with Gasteiger partial charge in [-0.15, -0.1) is 0 Å². The second kappa shape index (κ2) is 4.26. The Morgan fingerprint density at radius 1 is 0.769 bits per heavy atom. The van der Waals surface area contributed by atoms with Gasteiger partial charge in [-0.2, -0.15) is 0 Å². The van der Waals surface area contributed by atoms with Crippen LogP contribution >= 0.6 is 0 Å². The fourth-order valence-electron chi connectivity index (χ4n) is 2.83. The van der Waals surface area contributed by atoms with Crippen molar-refractivity contribution in [1.29, 1.82) is 0 Å². The van der Waals surface area contributed by atoms with E-state index in [1.165, 1.54) is 57.8 Å². The predicted octanol–water partition coefficient (Wildman–Crippen LogP) is 3.58. The number of hydrogen-bond acceptors (Lipinski definition) is 1. The first-order valence-electron chi connectivity index (χ1n) is 5.92. The van der Waals surface area contributed by atoms with Gasteiger partial charge in [0, 0.05) is 18.2 Å². The molecule has 13 heavy (non-hydrogen) atoms. The zero-order chi connectivity index (χ0) is 8.99. The van der Waals surface area contributed by atoms with Crippen molar-refractivity contribution >= 4 is 6.21 Å². The highest BCUT2D eigenvalue weighted by Gasteiger charge is 2.29. The minimum atomic E-state index is 0.540. The maximum Gasteiger partial charge on any atom is 0.0385 e. The molecule has 2 rings (SSSR count). The van der Waals surface area contributed by atoms with Crippen LogP contribution in [0.25, 0.3) is 0 Å². The van der Waals surface area contributed by atoms with E-state index >= 15 is 0 Å². The maximum atomic E-state index is 4.50. The van der Waals surface area contributed by atoms with Crippen LogP contribution in [-0.4, -0.2) is 12.8 Å². The molecule has 1 saturated carbocycles. The molecule has 2 aliphatic rings. The molecule has 0 aromatic carbocycles. The molecule has 1 fully saturated rings. The molecular weight excluding hydrogens is 158 g/mol. The highest BCUT2D eigenvalue weighted by atomic mass is 14.7. The van der Waals surface area contributed by atoms with E-state index in [0.29, 0.717) is 5.41 Å². The smallest absolute Gasteiger partial charge is 0.0385 e. The van der Waals surface area contributed by atoms with E-state index < -0.39 is 0 Å². The monoisotopic (exact) mass is 179 g/mol. The molecule has 1 spiro atoms. The summed E-state index contributed by atoms with van der Waals surface area (Å²) in [6.07, 6.45) is 15.1. The summed E-state index contributed by atoms with van der Waals surface area (Å²) in [6, 6.07) is 0. The van der Waals surface area contributed by atoms with Crippen LogP contribution in [0.1, 0.15) is 57.8 Å². The van der Waals surface area contributed by atoms with Gasteiger partial charge in [0.05, 0.1) is 0 Å². The van der Waals surface area contributed by atoms with Crippen LogP contribution in [0, 0.1) is 5.41 Å². The van der Waals surface area contributed by atoms with Crippen molar-refractivity contribution in [3.63, 3.8) is 0 Å². The summed E-state index contributed by atoms with van der Waals surface area (Å²) < 4.78 is 0. The summed E-state index contributed by atoms with van der Waals surface area (Å²) in [5, 5.41) is 0. The molecule has 0 bridgehead atoms. The van der Waals surface area contributed by atoms with E-state index in [4.69, 9.17) is 0 Å². The van der Waals surface area contributed by atoms with Gasteiger partial charge < -0.3 is 0 Å². The van der Waals surface area contributed by atoms with Crippen molar-refractivity contribution < 1.29 is 0 Å². The Balaban J connectivity index is 1.99. The largest absolute Gasteiger partial charge is 0.297 e. The van der Waals surface area contributed by atoms with E-state index in [1.54, 1.807) is 0 Å². The first-order chi connectivity index (χ1) is 6.41. The molecule has 1 aliphatic carbocycles. The maximum absolute atomic E-state index is 4.50. The number of aliphatic imine (C=N–C) groups is 1. The fraction of sp³-hybridized carbons (Fsp3) is 0.917. The highest BCUT2D eigenvalue weighted by Crippen LogP contribution is 2.38. The molecule has 74 valence electrons. The first kappa shape index (κ1) is 9.23. The lowest BCUT2D eigenvalue weighted by molar-refractivity contribution is 0.279. The lowest BCUT2D eigenvalue weighted by atomic mass is 9.73. The minimum Gasteiger partial charge on any atom is -0.297 e. The summed E-state index contributed by atoms with van der Waals surface area (Å²) in [5.74, 6) is 0. The van der Waals surface area contributed by atoms with Gasteiger partial charge in [0.15, 0.2) is 0 Å². The van der Waals surface area contributed by atoms with Gasteiger partial charge in [-0.05, 0) is 25.7 Å². The summed E-state index contributed by atoms with van der Waals surface area (Å²) in [7, 11) is 0. The molecule has 0 aromatic rings. The molecule has 0 saturated heterocycles. The van der Waals surface area contributed by atoms with Crippen LogP contribution in [0.15, 0.2) is 4.99 Å². The Bertz CT molecular complexity index is 176. The van der Waals surface area contributed by atoms with Crippen LogP contribution in [0.3, 0.4) is 0 Å². The van der Waals surface area contributed by atoms with E-state index in [0.717, 1.165) is 6.54 Å². The molecule has 0 N–H and O–H groups in total. The Kier molecular flexibility index (Phi) is 3.02. The molecule has 1 nitrogen and oxygen atoms in total. The standard InChI is InChI=1S/C12H21N/c1-2-4-7-12(8-5-3-1)9-6-10-13-11-12/h11H,1-10H2. The summed E-state index contributed by atoms with van der Waals surface area (Å²) >= 11 is 0. The van der Waals surface area contributed by atoms with Gasteiger partial charge in [-0.3, -0.25) is 4.99 Å². The van der Waals surface area contributed by atoms with Crippen molar-refractivity contribution in [3.05, 3.63) is 0 Å². The molecular formula is C12H21N. The average molecular weight is 179 g/mol. The van der Waals surface area contributed by atoms with Crippen molar-refractivity contribution in [2.75, 3.05) is 6.54 Å². The molecule has 1 heterocycles. The quantitative estimate of drug-likeness (QED) is 0.539. The normalized spacial score (nSPS) is 28.3. The minimum absolute atomic E-state index is 0.540. The number of hydrogen-bond donors (Lipinski definition) is 0. The molecule has 1 aliphatic heterocycles. The number of nitrogens with zero attached hydrogens (tertiary/aromatic N) is 1. The molecule has 0 radical (unpaired) electrons. The lowest BCUT2D eigenvalue weighted by Crippen LogP contribution is -2.27. The molecule has 0 atom stereocenters. The Hall–Kier alpha value is -0.330. The van der Waals surface area contributed by atoms with Gasteiger partial charge in [-0.1, -0.05) is 32.1 Å². The number of rotatable bonds is 0. The average Bonchev–Trinajstić information content (AvgIpc) is 2.14. The first-order valence-corrected chi connectivity index (χ1v) is 5.92. The van der Waals surface area contributed by atoms with Gasteiger partial charge in [0.1, 0.15) is 0 Å². The zero-order valence-corrected chi connectivity index (χ0v) is 8.60. The molecule has 0 aromatic heterocycles.